The fraction of sp³-hybridized carbons (Fsp3) is 0.500. The molecule has 0 aliphatic heterocycles. The van der Waals surface area contributed by atoms with Crippen molar-refractivity contribution >= 4 is 19.7 Å². The predicted octanol–water partition coefficient (Wildman–Crippen LogP) is 6.06. The first-order valence-corrected chi connectivity index (χ1v) is 14.4. The van der Waals surface area contributed by atoms with E-state index >= 15 is 0 Å². The monoisotopic (exact) mass is 538 g/mol. The molecule has 2 aromatic rings. The number of halogens is 5. The van der Waals surface area contributed by atoms with E-state index in [0.717, 1.165) is 30.3 Å². The van der Waals surface area contributed by atoms with Crippen LogP contribution in [0, 0.1) is 17.6 Å². The van der Waals surface area contributed by atoms with Gasteiger partial charge in [0.2, 0.25) is 0 Å². The Morgan fingerprint density at radius 1 is 0.971 bits per heavy atom. The second kappa shape index (κ2) is 9.80. The van der Waals surface area contributed by atoms with Crippen molar-refractivity contribution in [1.29, 1.82) is 0 Å². The lowest BCUT2D eigenvalue weighted by molar-refractivity contribution is -0.137. The van der Waals surface area contributed by atoms with Crippen LogP contribution in [0.4, 0.5) is 22.0 Å². The molecule has 1 unspecified atom stereocenters. The Labute approximate surface area is 202 Å². The van der Waals surface area contributed by atoms with Crippen LogP contribution in [0.15, 0.2) is 47.4 Å². The number of benzene rings is 2. The summed E-state index contributed by atoms with van der Waals surface area (Å²) in [7, 11) is -7.92. The average Bonchev–Trinajstić information content (AvgIpc) is 2.79. The molecule has 1 atom stereocenters. The molecule has 35 heavy (non-hydrogen) atoms. The summed E-state index contributed by atoms with van der Waals surface area (Å²) in [5, 5.41) is -0.744. The van der Waals surface area contributed by atoms with E-state index in [1.54, 1.807) is 13.8 Å². The van der Waals surface area contributed by atoms with Crippen LogP contribution < -0.4 is 0 Å². The van der Waals surface area contributed by atoms with E-state index in [1.165, 1.54) is 0 Å². The fourth-order valence-corrected chi connectivity index (χ4v) is 8.88. The standard InChI is InChI=1S/C24H27F5O4S2/c1-3-14-34(30,31)16(2)17-10-12-23(13-11-17,21-15-19(25)6-9-22(21)26)35(32,33)20-7-4-18(5-8-20)24(27,28)29/h4-9,15-17H,3,10-14H2,1-2H3. The number of hydrogen-bond acceptors (Lipinski definition) is 4. The van der Waals surface area contributed by atoms with Gasteiger partial charge >= 0.3 is 6.18 Å². The van der Waals surface area contributed by atoms with Gasteiger partial charge in [0, 0.05) is 5.56 Å². The molecule has 4 nitrogen and oxygen atoms in total. The maximum atomic E-state index is 14.9. The maximum absolute atomic E-state index is 14.9. The van der Waals surface area contributed by atoms with E-state index in [9.17, 15) is 38.8 Å². The Morgan fingerprint density at radius 3 is 2.06 bits per heavy atom. The van der Waals surface area contributed by atoms with Crippen molar-refractivity contribution in [2.45, 2.75) is 67.0 Å². The molecule has 1 saturated carbocycles. The van der Waals surface area contributed by atoms with Gasteiger partial charge in [0.1, 0.15) is 16.4 Å². The molecule has 0 heterocycles. The first kappa shape index (κ1) is 27.6. The van der Waals surface area contributed by atoms with Gasteiger partial charge in [-0.05, 0) is 87.4 Å². The van der Waals surface area contributed by atoms with Crippen LogP contribution in [0.5, 0.6) is 0 Å². The number of alkyl halides is 3. The van der Waals surface area contributed by atoms with E-state index in [2.05, 4.69) is 0 Å². The lowest BCUT2D eigenvalue weighted by Gasteiger charge is -2.41. The molecule has 1 aliphatic carbocycles. The summed E-state index contributed by atoms with van der Waals surface area (Å²) in [6.07, 6.45) is -4.42. The number of rotatable bonds is 7. The third-order valence-electron chi connectivity index (χ3n) is 6.98. The molecule has 2 aromatic carbocycles. The number of sulfone groups is 2. The third-order valence-corrected chi connectivity index (χ3v) is 12.0. The van der Waals surface area contributed by atoms with Crippen molar-refractivity contribution in [3.63, 3.8) is 0 Å². The van der Waals surface area contributed by atoms with E-state index in [1.807, 2.05) is 0 Å². The fourth-order valence-electron chi connectivity index (χ4n) is 4.92. The molecular formula is C24H27F5O4S2. The van der Waals surface area contributed by atoms with E-state index < -0.39 is 63.5 Å². The van der Waals surface area contributed by atoms with Gasteiger partial charge in [-0.3, -0.25) is 0 Å². The maximum Gasteiger partial charge on any atom is 0.416 e. The van der Waals surface area contributed by atoms with Crippen LogP contribution in [0.2, 0.25) is 0 Å². The molecule has 0 bridgehead atoms. The minimum atomic E-state index is -4.67. The highest BCUT2D eigenvalue weighted by Crippen LogP contribution is 2.50. The van der Waals surface area contributed by atoms with Gasteiger partial charge in [-0.15, -0.1) is 0 Å². The Balaban J connectivity index is 2.08. The van der Waals surface area contributed by atoms with Gasteiger partial charge in [0.25, 0.3) is 0 Å². The van der Waals surface area contributed by atoms with E-state index in [0.29, 0.717) is 18.6 Å². The summed E-state index contributed by atoms with van der Waals surface area (Å²) < 4.78 is 119. The van der Waals surface area contributed by atoms with Gasteiger partial charge in [0.15, 0.2) is 19.7 Å². The van der Waals surface area contributed by atoms with Gasteiger partial charge in [0.05, 0.1) is 21.5 Å². The Bertz CT molecular complexity index is 1260. The molecule has 194 valence electrons. The molecule has 11 heteroatoms. The molecule has 3 rings (SSSR count). The highest BCUT2D eigenvalue weighted by molar-refractivity contribution is 7.92. The van der Waals surface area contributed by atoms with Crippen molar-refractivity contribution < 1.29 is 38.8 Å². The molecule has 1 aliphatic rings. The van der Waals surface area contributed by atoms with Crippen LogP contribution in [0.25, 0.3) is 0 Å². The van der Waals surface area contributed by atoms with Crippen molar-refractivity contribution in [2.24, 2.45) is 5.92 Å². The minimum Gasteiger partial charge on any atom is -0.229 e. The summed E-state index contributed by atoms with van der Waals surface area (Å²) >= 11 is 0. The first-order chi connectivity index (χ1) is 16.2. The molecule has 0 amide bonds. The van der Waals surface area contributed by atoms with Crippen molar-refractivity contribution in [3.8, 4) is 0 Å². The average molecular weight is 539 g/mol. The van der Waals surface area contributed by atoms with Gasteiger partial charge in [-0.1, -0.05) is 6.92 Å². The lowest BCUT2D eigenvalue weighted by atomic mass is 9.76. The normalized spacial score (nSPS) is 22.7. The Kier molecular flexibility index (Phi) is 7.72. The zero-order valence-electron chi connectivity index (χ0n) is 19.3. The molecule has 0 radical (unpaired) electrons. The van der Waals surface area contributed by atoms with Crippen LogP contribution in [0.1, 0.15) is 57.1 Å². The van der Waals surface area contributed by atoms with Crippen LogP contribution >= 0.6 is 0 Å². The molecule has 0 aromatic heterocycles. The minimum absolute atomic E-state index is 0.0157. The smallest absolute Gasteiger partial charge is 0.229 e. The highest BCUT2D eigenvalue weighted by Gasteiger charge is 2.51. The molecule has 1 fully saturated rings. The Morgan fingerprint density at radius 2 is 1.54 bits per heavy atom. The molecular weight excluding hydrogens is 511 g/mol. The van der Waals surface area contributed by atoms with Crippen molar-refractivity contribution in [2.75, 3.05) is 5.75 Å². The van der Waals surface area contributed by atoms with Crippen LogP contribution in [-0.2, 0) is 30.6 Å². The SMILES string of the molecule is CCCS(=O)(=O)C(C)C1CCC(c2cc(F)ccc2F)(S(=O)(=O)c2ccc(C(F)(F)F)cc2)CC1. The van der Waals surface area contributed by atoms with Crippen molar-refractivity contribution in [1.82, 2.24) is 0 Å². The summed E-state index contributed by atoms with van der Waals surface area (Å²) in [6, 6.07) is 5.36. The van der Waals surface area contributed by atoms with E-state index in [-0.39, 0.29) is 37.4 Å². The second-order valence-electron chi connectivity index (χ2n) is 9.05. The summed E-state index contributed by atoms with van der Waals surface area (Å²) in [4.78, 5) is -0.445. The summed E-state index contributed by atoms with van der Waals surface area (Å²) in [5.41, 5.74) is -1.44. The number of hydrogen-bond donors (Lipinski definition) is 0. The van der Waals surface area contributed by atoms with Crippen LogP contribution in [-0.4, -0.2) is 27.8 Å². The quantitative estimate of drug-likeness (QED) is 0.402. The van der Waals surface area contributed by atoms with Gasteiger partial charge in [-0.2, -0.15) is 13.2 Å². The largest absolute Gasteiger partial charge is 0.416 e. The van der Waals surface area contributed by atoms with Gasteiger partial charge in [-0.25, -0.2) is 25.6 Å². The van der Waals surface area contributed by atoms with Crippen molar-refractivity contribution in [3.05, 3.63) is 65.2 Å². The zero-order chi connectivity index (χ0) is 26.2. The Hall–Kier alpha value is -2.01. The zero-order valence-corrected chi connectivity index (χ0v) is 20.9. The molecule has 0 saturated heterocycles. The third kappa shape index (κ3) is 5.26. The lowest BCUT2D eigenvalue weighted by Crippen LogP contribution is -2.43. The van der Waals surface area contributed by atoms with Gasteiger partial charge < -0.3 is 0 Å². The van der Waals surface area contributed by atoms with Crippen LogP contribution in [0.3, 0.4) is 0 Å². The summed E-state index contributed by atoms with van der Waals surface area (Å²) in [6.45, 7) is 3.30. The topological polar surface area (TPSA) is 68.3 Å². The first-order valence-electron chi connectivity index (χ1n) is 11.2. The second-order valence-corrected chi connectivity index (χ2v) is 13.8. The predicted molar refractivity (Wildman–Crippen MR) is 122 cm³/mol. The van der Waals surface area contributed by atoms with E-state index in [4.69, 9.17) is 0 Å². The molecule has 0 N–H and O–H groups in total. The highest BCUT2D eigenvalue weighted by atomic mass is 32.2. The summed E-state index contributed by atoms with van der Waals surface area (Å²) in [5.74, 6) is -2.21. The molecule has 0 spiro atoms.